The van der Waals surface area contributed by atoms with Crippen molar-refractivity contribution in [2.24, 2.45) is 0 Å². The summed E-state index contributed by atoms with van der Waals surface area (Å²) < 4.78 is 45.6. The van der Waals surface area contributed by atoms with E-state index in [0.717, 1.165) is 18.9 Å². The largest absolute Gasteiger partial charge is 0.377 e. The summed E-state index contributed by atoms with van der Waals surface area (Å²) in [6.07, 6.45) is 1.75. The van der Waals surface area contributed by atoms with Gasteiger partial charge in [0.25, 0.3) is 0 Å². The van der Waals surface area contributed by atoms with Crippen LogP contribution >= 0.6 is 15.9 Å². The fourth-order valence-corrected chi connectivity index (χ4v) is 3.94. The minimum absolute atomic E-state index is 0.0296. The van der Waals surface area contributed by atoms with E-state index in [1.807, 2.05) is 0 Å². The lowest BCUT2D eigenvalue weighted by Crippen LogP contribution is -2.37. The van der Waals surface area contributed by atoms with Crippen LogP contribution in [0.25, 0.3) is 0 Å². The number of sulfonamides is 1. The van der Waals surface area contributed by atoms with Crippen molar-refractivity contribution in [2.45, 2.75) is 30.8 Å². The quantitative estimate of drug-likeness (QED) is 0.805. The third-order valence-corrected chi connectivity index (χ3v) is 5.89. The van der Waals surface area contributed by atoms with Crippen molar-refractivity contribution in [2.75, 3.05) is 19.7 Å². The van der Waals surface area contributed by atoms with E-state index in [1.165, 1.54) is 16.4 Å². The lowest BCUT2D eigenvalue weighted by Gasteiger charge is -2.23. The lowest BCUT2D eigenvalue weighted by molar-refractivity contribution is 0.0947. The van der Waals surface area contributed by atoms with E-state index in [-0.39, 0.29) is 15.5 Å². The SMILES string of the molecule is CCN(CC1CCCO1)S(=O)(=O)c1ccc(Br)c(F)c1. The molecule has 0 aliphatic carbocycles. The number of nitrogens with zero attached hydrogens (tertiary/aromatic N) is 1. The molecule has 1 atom stereocenters. The highest BCUT2D eigenvalue weighted by Gasteiger charge is 2.28. The molecular weight excluding hydrogens is 349 g/mol. The molecule has 1 aliphatic heterocycles. The van der Waals surface area contributed by atoms with Crippen molar-refractivity contribution in [1.82, 2.24) is 4.31 Å². The Labute approximate surface area is 127 Å². The van der Waals surface area contributed by atoms with Gasteiger partial charge in [-0.05, 0) is 47.0 Å². The molecule has 1 aliphatic rings. The summed E-state index contributed by atoms with van der Waals surface area (Å²) in [5.41, 5.74) is 0. The Hall–Kier alpha value is -0.500. The molecule has 112 valence electrons. The van der Waals surface area contributed by atoms with Crippen LogP contribution in [0.3, 0.4) is 0 Å². The van der Waals surface area contributed by atoms with Crippen molar-refractivity contribution in [3.8, 4) is 0 Å². The molecule has 7 heteroatoms. The van der Waals surface area contributed by atoms with Crippen molar-refractivity contribution in [1.29, 1.82) is 0 Å². The molecular formula is C13H17BrFNO3S. The summed E-state index contributed by atoms with van der Waals surface area (Å²) in [5, 5.41) is 0. The van der Waals surface area contributed by atoms with Gasteiger partial charge in [0.1, 0.15) is 5.82 Å². The second-order valence-corrected chi connectivity index (χ2v) is 7.46. The Kier molecular flexibility index (Phi) is 5.17. The molecule has 4 nitrogen and oxygen atoms in total. The molecule has 1 fully saturated rings. The zero-order chi connectivity index (χ0) is 14.8. The second-order valence-electron chi connectivity index (χ2n) is 4.67. The van der Waals surface area contributed by atoms with Crippen LogP contribution in [-0.4, -0.2) is 38.5 Å². The van der Waals surface area contributed by atoms with Crippen LogP contribution in [0.5, 0.6) is 0 Å². The number of likely N-dealkylation sites (N-methyl/N-ethyl adjacent to an activating group) is 1. The number of hydrogen-bond donors (Lipinski definition) is 0. The predicted octanol–water partition coefficient (Wildman–Crippen LogP) is 2.78. The molecule has 1 unspecified atom stereocenters. The molecule has 1 heterocycles. The molecule has 1 saturated heterocycles. The van der Waals surface area contributed by atoms with E-state index >= 15 is 0 Å². The molecule has 0 aromatic heterocycles. The Morgan fingerprint density at radius 3 is 2.80 bits per heavy atom. The van der Waals surface area contributed by atoms with Gasteiger partial charge < -0.3 is 4.74 Å². The molecule has 1 aromatic rings. The Balaban J connectivity index is 2.23. The van der Waals surface area contributed by atoms with Crippen LogP contribution in [0.1, 0.15) is 19.8 Å². The van der Waals surface area contributed by atoms with Crippen molar-refractivity contribution < 1.29 is 17.5 Å². The fourth-order valence-electron chi connectivity index (χ4n) is 2.20. The minimum Gasteiger partial charge on any atom is -0.377 e. The Morgan fingerprint density at radius 1 is 1.50 bits per heavy atom. The average molecular weight is 366 g/mol. The number of halogens is 2. The van der Waals surface area contributed by atoms with Crippen LogP contribution in [-0.2, 0) is 14.8 Å². The summed E-state index contributed by atoms with van der Waals surface area (Å²) >= 11 is 3.02. The van der Waals surface area contributed by atoms with Gasteiger partial charge in [0.15, 0.2) is 0 Å². The second kappa shape index (κ2) is 6.51. The van der Waals surface area contributed by atoms with Crippen LogP contribution in [0.2, 0.25) is 0 Å². The summed E-state index contributed by atoms with van der Waals surface area (Å²) in [5.74, 6) is -0.584. The molecule has 0 radical (unpaired) electrons. The van der Waals surface area contributed by atoms with Gasteiger partial charge in [0.2, 0.25) is 10.0 Å². The minimum atomic E-state index is -3.69. The van der Waals surface area contributed by atoms with Gasteiger partial charge in [-0.1, -0.05) is 6.92 Å². The van der Waals surface area contributed by atoms with Gasteiger partial charge in [-0.15, -0.1) is 0 Å². The third kappa shape index (κ3) is 3.39. The maximum absolute atomic E-state index is 13.5. The summed E-state index contributed by atoms with van der Waals surface area (Å²) in [6.45, 7) is 3.09. The van der Waals surface area contributed by atoms with E-state index in [0.29, 0.717) is 19.7 Å². The highest BCUT2D eigenvalue weighted by atomic mass is 79.9. The molecule has 20 heavy (non-hydrogen) atoms. The van der Waals surface area contributed by atoms with E-state index < -0.39 is 15.8 Å². The highest BCUT2D eigenvalue weighted by molar-refractivity contribution is 9.10. The highest BCUT2D eigenvalue weighted by Crippen LogP contribution is 2.23. The number of ether oxygens (including phenoxy) is 1. The number of rotatable bonds is 5. The molecule has 1 aromatic carbocycles. The fraction of sp³-hybridized carbons (Fsp3) is 0.538. The first kappa shape index (κ1) is 15.9. The van der Waals surface area contributed by atoms with Crippen LogP contribution in [0, 0.1) is 5.82 Å². The molecule has 0 bridgehead atoms. The zero-order valence-electron chi connectivity index (χ0n) is 11.2. The van der Waals surface area contributed by atoms with Gasteiger partial charge in [-0.3, -0.25) is 0 Å². The smallest absolute Gasteiger partial charge is 0.243 e. The van der Waals surface area contributed by atoms with Gasteiger partial charge in [0, 0.05) is 19.7 Å². The average Bonchev–Trinajstić information content (AvgIpc) is 2.91. The van der Waals surface area contributed by atoms with Crippen molar-refractivity contribution in [3.63, 3.8) is 0 Å². The topological polar surface area (TPSA) is 46.6 Å². The monoisotopic (exact) mass is 365 g/mol. The van der Waals surface area contributed by atoms with Gasteiger partial charge in [-0.2, -0.15) is 4.31 Å². The van der Waals surface area contributed by atoms with E-state index in [4.69, 9.17) is 4.74 Å². The van der Waals surface area contributed by atoms with E-state index in [1.54, 1.807) is 6.92 Å². The first-order chi connectivity index (χ1) is 9.45. The maximum atomic E-state index is 13.5. The third-order valence-electron chi connectivity index (χ3n) is 3.31. The number of hydrogen-bond acceptors (Lipinski definition) is 3. The molecule has 2 rings (SSSR count). The summed E-state index contributed by atoms with van der Waals surface area (Å²) in [6, 6.07) is 3.85. The lowest BCUT2D eigenvalue weighted by atomic mass is 10.2. The van der Waals surface area contributed by atoms with Crippen LogP contribution in [0.15, 0.2) is 27.6 Å². The number of benzene rings is 1. The first-order valence-electron chi connectivity index (χ1n) is 6.52. The molecule has 0 saturated carbocycles. The first-order valence-corrected chi connectivity index (χ1v) is 8.75. The molecule has 0 N–H and O–H groups in total. The van der Waals surface area contributed by atoms with Crippen molar-refractivity contribution >= 4 is 26.0 Å². The molecule has 0 spiro atoms. The standard InChI is InChI=1S/C13H17BrFNO3S/c1-2-16(9-10-4-3-7-19-10)20(17,18)11-5-6-12(14)13(15)8-11/h5-6,8,10H,2-4,7,9H2,1H3. The van der Waals surface area contributed by atoms with Crippen LogP contribution in [0.4, 0.5) is 4.39 Å². The maximum Gasteiger partial charge on any atom is 0.243 e. The van der Waals surface area contributed by atoms with Gasteiger partial charge in [-0.25, -0.2) is 12.8 Å². The zero-order valence-corrected chi connectivity index (χ0v) is 13.6. The molecule has 0 amide bonds. The summed E-state index contributed by atoms with van der Waals surface area (Å²) in [4.78, 5) is -0.0296. The van der Waals surface area contributed by atoms with Gasteiger partial charge >= 0.3 is 0 Å². The Morgan fingerprint density at radius 2 is 2.25 bits per heavy atom. The predicted molar refractivity (Wildman–Crippen MR) is 77.5 cm³/mol. The van der Waals surface area contributed by atoms with E-state index in [2.05, 4.69) is 15.9 Å². The van der Waals surface area contributed by atoms with Gasteiger partial charge in [0.05, 0.1) is 15.5 Å². The Bertz CT molecular complexity index is 573. The normalized spacial score (nSPS) is 19.7. The summed E-state index contributed by atoms with van der Waals surface area (Å²) in [7, 11) is -3.69. The van der Waals surface area contributed by atoms with Crippen molar-refractivity contribution in [3.05, 3.63) is 28.5 Å². The van der Waals surface area contributed by atoms with E-state index in [9.17, 15) is 12.8 Å². The van der Waals surface area contributed by atoms with Crippen LogP contribution < -0.4 is 0 Å².